The molecule has 2 amide bonds. The SMILES string of the molecule is CCC[C@H](CC(=O)[C@@H]1C[C@@]2(CN1C(=O)[C@@H](CC(=O)[C@@H](NC(=O)[C@H]1CCCCN1CC)C1CCCCC1)C(C)(C)C)C(C)(C)C21CCC1)C(=O)C(=O)CC1CC1. The minimum Gasteiger partial charge on any atom is -0.345 e. The van der Waals surface area contributed by atoms with E-state index in [0.29, 0.717) is 31.7 Å². The second-order valence-corrected chi connectivity index (χ2v) is 20.5. The number of hydrogen-bond acceptors (Lipinski definition) is 7. The Bertz CT molecular complexity index is 1480. The molecule has 55 heavy (non-hydrogen) atoms. The molecule has 2 aliphatic heterocycles. The first-order chi connectivity index (χ1) is 26.0. The van der Waals surface area contributed by atoms with Crippen molar-refractivity contribution in [3.05, 3.63) is 0 Å². The normalized spacial score (nSPS) is 29.3. The maximum atomic E-state index is 15.2. The van der Waals surface area contributed by atoms with Gasteiger partial charge in [0.1, 0.15) is 0 Å². The van der Waals surface area contributed by atoms with Gasteiger partial charge >= 0.3 is 0 Å². The zero-order valence-corrected chi connectivity index (χ0v) is 35.4. The minimum absolute atomic E-state index is 0.0114. The van der Waals surface area contributed by atoms with Gasteiger partial charge in [-0.25, -0.2) is 0 Å². The number of piperidine rings is 1. The Morgan fingerprint density at radius 1 is 0.800 bits per heavy atom. The van der Waals surface area contributed by atoms with Crippen LogP contribution in [-0.2, 0) is 28.8 Å². The number of Topliss-reactive ketones (excluding diaryl/α,β-unsaturated/α-hetero) is 4. The van der Waals surface area contributed by atoms with Crippen LogP contribution in [0.5, 0.6) is 0 Å². The lowest BCUT2D eigenvalue weighted by atomic mass is 9.73. The van der Waals surface area contributed by atoms with E-state index in [1.165, 1.54) is 0 Å². The number of ketones is 4. The number of likely N-dealkylation sites (tertiary alicyclic amines) is 2. The molecular formula is C46H73N3O6. The van der Waals surface area contributed by atoms with E-state index in [2.05, 4.69) is 31.0 Å². The molecule has 308 valence electrons. The van der Waals surface area contributed by atoms with Crippen LogP contribution in [0.1, 0.15) is 170 Å². The highest BCUT2D eigenvalue weighted by molar-refractivity contribution is 6.38. The third-order valence-corrected chi connectivity index (χ3v) is 16.2. The number of nitrogens with one attached hydrogen (secondary N) is 1. The first-order valence-electron chi connectivity index (χ1n) is 22.5. The molecule has 4 saturated carbocycles. The first-order valence-corrected chi connectivity index (χ1v) is 22.5. The lowest BCUT2D eigenvalue weighted by Gasteiger charge is -2.38. The van der Waals surface area contributed by atoms with E-state index in [1.807, 2.05) is 32.6 Å². The molecule has 0 bridgehead atoms. The number of fused-ring (bicyclic) bond motifs is 1. The predicted octanol–water partition coefficient (Wildman–Crippen LogP) is 7.66. The zero-order valence-electron chi connectivity index (χ0n) is 35.4. The molecule has 9 heteroatoms. The number of rotatable bonds is 17. The van der Waals surface area contributed by atoms with Crippen LogP contribution in [0.4, 0.5) is 0 Å². The molecule has 0 aromatic rings. The number of nitrogens with zero attached hydrogens (tertiary/aromatic N) is 2. The van der Waals surface area contributed by atoms with Crippen molar-refractivity contribution in [2.45, 2.75) is 189 Å². The van der Waals surface area contributed by atoms with Crippen LogP contribution in [0, 0.1) is 45.3 Å². The highest BCUT2D eigenvalue weighted by Crippen LogP contribution is 2.88. The van der Waals surface area contributed by atoms with Crippen molar-refractivity contribution in [2.75, 3.05) is 19.6 Å². The highest BCUT2D eigenvalue weighted by Gasteiger charge is 2.85. The van der Waals surface area contributed by atoms with Crippen LogP contribution < -0.4 is 5.32 Å². The van der Waals surface area contributed by atoms with Crippen molar-refractivity contribution in [3.63, 3.8) is 0 Å². The lowest BCUT2D eigenvalue weighted by molar-refractivity contribution is -0.147. The molecule has 0 aromatic carbocycles. The molecule has 1 N–H and O–H groups in total. The van der Waals surface area contributed by atoms with Crippen LogP contribution in [-0.4, -0.2) is 82.5 Å². The van der Waals surface area contributed by atoms with Gasteiger partial charge in [0.2, 0.25) is 17.6 Å². The van der Waals surface area contributed by atoms with E-state index in [1.54, 1.807) is 0 Å². The van der Waals surface area contributed by atoms with Gasteiger partial charge in [0.15, 0.2) is 17.3 Å². The van der Waals surface area contributed by atoms with Crippen LogP contribution in [0.2, 0.25) is 0 Å². The quantitative estimate of drug-likeness (QED) is 0.151. The van der Waals surface area contributed by atoms with Gasteiger partial charge in [-0.15, -0.1) is 0 Å². The van der Waals surface area contributed by atoms with Crippen molar-refractivity contribution < 1.29 is 28.8 Å². The standard InChI is InChI=1S/C46H73N3O6/c1-8-16-32(40(53)38(52)25-30-20-21-30)26-36(50)35-28-46(44(6,7)45(46)22-15-23-45)29-49(35)42(55)33(43(3,4)5)27-37(51)39(31-17-11-10-12-18-31)47-41(54)34-19-13-14-24-48(34)9-2/h30-35,39H,8-29H2,1-7H3,(H,47,54)/t32-,33-,34-,35+,39+,46-/m1/s1. The van der Waals surface area contributed by atoms with Gasteiger partial charge in [-0.05, 0) is 105 Å². The third-order valence-electron chi connectivity index (χ3n) is 16.2. The summed E-state index contributed by atoms with van der Waals surface area (Å²) in [4.78, 5) is 89.0. The first kappa shape index (κ1) is 42.2. The van der Waals surface area contributed by atoms with Crippen molar-refractivity contribution in [3.8, 4) is 0 Å². The molecule has 0 unspecified atom stereocenters. The molecule has 6 atom stereocenters. The monoisotopic (exact) mass is 764 g/mol. The van der Waals surface area contributed by atoms with Crippen molar-refractivity contribution >= 4 is 34.9 Å². The third kappa shape index (κ3) is 8.04. The van der Waals surface area contributed by atoms with Crippen molar-refractivity contribution in [2.24, 2.45) is 45.3 Å². The summed E-state index contributed by atoms with van der Waals surface area (Å²) in [6, 6.07) is -1.56. The van der Waals surface area contributed by atoms with Crippen LogP contribution in [0.25, 0.3) is 0 Å². The molecule has 9 nitrogen and oxygen atoms in total. The fourth-order valence-corrected chi connectivity index (χ4v) is 12.2. The molecule has 6 aliphatic rings. The summed E-state index contributed by atoms with van der Waals surface area (Å²) >= 11 is 0. The van der Waals surface area contributed by atoms with Crippen molar-refractivity contribution in [1.82, 2.24) is 15.1 Å². The smallest absolute Gasteiger partial charge is 0.237 e. The Labute approximate surface area is 331 Å². The number of likely N-dealkylation sites (N-methyl/N-ethyl adjacent to an activating group) is 1. The number of amides is 2. The summed E-state index contributed by atoms with van der Waals surface area (Å²) in [7, 11) is 0. The van der Waals surface area contributed by atoms with E-state index in [9.17, 15) is 24.0 Å². The van der Waals surface area contributed by atoms with Gasteiger partial charge in [-0.1, -0.05) is 87.0 Å². The zero-order chi connectivity index (χ0) is 39.9. The molecule has 6 fully saturated rings. The summed E-state index contributed by atoms with van der Waals surface area (Å²) in [6.07, 6.45) is 15.1. The fraction of sp³-hybridized carbons (Fsp3) is 0.870. The summed E-state index contributed by atoms with van der Waals surface area (Å²) in [5, 5.41) is 3.27. The van der Waals surface area contributed by atoms with E-state index >= 15 is 4.79 Å². The van der Waals surface area contributed by atoms with Gasteiger partial charge in [0, 0.05) is 43.1 Å². The molecule has 2 saturated heterocycles. The van der Waals surface area contributed by atoms with Gasteiger partial charge in [0.25, 0.3) is 0 Å². The van der Waals surface area contributed by atoms with E-state index < -0.39 is 35.1 Å². The minimum atomic E-state index is -0.683. The Balaban J connectivity index is 1.25. The summed E-state index contributed by atoms with van der Waals surface area (Å²) < 4.78 is 0. The second kappa shape index (κ2) is 16.4. The fourth-order valence-electron chi connectivity index (χ4n) is 12.2. The Hall–Kier alpha value is -2.42. The van der Waals surface area contributed by atoms with E-state index in [4.69, 9.17) is 0 Å². The van der Waals surface area contributed by atoms with Crippen molar-refractivity contribution in [1.29, 1.82) is 0 Å². The van der Waals surface area contributed by atoms with Gasteiger partial charge in [-0.3, -0.25) is 33.7 Å². The lowest BCUT2D eigenvalue weighted by Crippen LogP contribution is -2.56. The highest BCUT2D eigenvalue weighted by atomic mass is 16.2. The van der Waals surface area contributed by atoms with Crippen LogP contribution in [0.15, 0.2) is 0 Å². The number of carbonyl (C=O) groups excluding carboxylic acids is 6. The number of hydrogen-bond donors (Lipinski definition) is 1. The molecule has 6 rings (SSSR count). The Morgan fingerprint density at radius 3 is 2.04 bits per heavy atom. The van der Waals surface area contributed by atoms with E-state index in [0.717, 1.165) is 96.6 Å². The second-order valence-electron chi connectivity index (χ2n) is 20.5. The molecular weight excluding hydrogens is 691 g/mol. The average molecular weight is 764 g/mol. The maximum Gasteiger partial charge on any atom is 0.237 e. The largest absolute Gasteiger partial charge is 0.345 e. The van der Waals surface area contributed by atoms with Gasteiger partial charge < -0.3 is 10.2 Å². The molecule has 2 spiro atoms. The summed E-state index contributed by atoms with van der Waals surface area (Å²) in [5.41, 5.74) is -0.694. The van der Waals surface area contributed by atoms with E-state index in [-0.39, 0.29) is 76.6 Å². The average Bonchev–Trinajstić information content (AvgIpc) is 3.96. The predicted molar refractivity (Wildman–Crippen MR) is 214 cm³/mol. The molecule has 4 aliphatic carbocycles. The summed E-state index contributed by atoms with van der Waals surface area (Å²) in [5.74, 6) is -2.17. The summed E-state index contributed by atoms with van der Waals surface area (Å²) in [6.45, 7) is 16.9. The maximum absolute atomic E-state index is 15.2. The Kier molecular flexibility index (Phi) is 12.6. The number of carbonyl (C=O) groups is 6. The Morgan fingerprint density at radius 2 is 1.47 bits per heavy atom. The van der Waals surface area contributed by atoms with Crippen LogP contribution >= 0.6 is 0 Å². The van der Waals surface area contributed by atoms with Gasteiger partial charge in [-0.2, -0.15) is 0 Å². The molecule has 0 aromatic heterocycles. The molecule has 0 radical (unpaired) electrons. The molecule has 2 heterocycles. The topological polar surface area (TPSA) is 121 Å². The van der Waals surface area contributed by atoms with Gasteiger partial charge in [0.05, 0.1) is 18.1 Å². The van der Waals surface area contributed by atoms with Crippen LogP contribution in [0.3, 0.4) is 0 Å².